The SMILES string of the molecule is C=CC1CCC(c2[nH]c(=O)n(C)c(=O)c2Cc2cccc(C)c2)CC1. The number of aromatic amines is 1. The summed E-state index contributed by atoms with van der Waals surface area (Å²) in [6, 6.07) is 8.20. The first-order valence-electron chi connectivity index (χ1n) is 8.99. The van der Waals surface area contributed by atoms with Crippen molar-refractivity contribution in [3.8, 4) is 0 Å². The van der Waals surface area contributed by atoms with Crippen molar-refractivity contribution in [1.29, 1.82) is 0 Å². The number of aryl methyl sites for hydroxylation is 1. The highest BCUT2D eigenvalue weighted by atomic mass is 16.2. The molecule has 3 rings (SSSR count). The molecule has 1 heterocycles. The van der Waals surface area contributed by atoms with E-state index >= 15 is 0 Å². The van der Waals surface area contributed by atoms with Crippen molar-refractivity contribution in [3.05, 3.63) is 80.1 Å². The van der Waals surface area contributed by atoms with Crippen molar-refractivity contribution in [1.82, 2.24) is 9.55 Å². The Morgan fingerprint density at radius 1 is 1.24 bits per heavy atom. The lowest BCUT2D eigenvalue weighted by Crippen LogP contribution is -2.37. The van der Waals surface area contributed by atoms with Crippen LogP contribution in [0, 0.1) is 12.8 Å². The first kappa shape index (κ1) is 17.5. The van der Waals surface area contributed by atoms with Gasteiger partial charge in [-0.1, -0.05) is 35.9 Å². The topological polar surface area (TPSA) is 54.9 Å². The lowest BCUT2D eigenvalue weighted by atomic mass is 9.79. The number of hydrogen-bond donors (Lipinski definition) is 1. The smallest absolute Gasteiger partial charge is 0.310 e. The van der Waals surface area contributed by atoms with Crippen LogP contribution < -0.4 is 11.2 Å². The highest BCUT2D eigenvalue weighted by Crippen LogP contribution is 2.36. The monoisotopic (exact) mass is 338 g/mol. The number of aromatic nitrogens is 2. The van der Waals surface area contributed by atoms with Gasteiger partial charge in [0.15, 0.2) is 0 Å². The van der Waals surface area contributed by atoms with Gasteiger partial charge in [-0.25, -0.2) is 4.79 Å². The van der Waals surface area contributed by atoms with Gasteiger partial charge in [0, 0.05) is 24.7 Å². The maximum atomic E-state index is 12.8. The molecule has 25 heavy (non-hydrogen) atoms. The van der Waals surface area contributed by atoms with Crippen molar-refractivity contribution < 1.29 is 0 Å². The van der Waals surface area contributed by atoms with E-state index in [0.29, 0.717) is 12.3 Å². The molecule has 0 bridgehead atoms. The highest BCUT2D eigenvalue weighted by Gasteiger charge is 2.25. The largest absolute Gasteiger partial charge is 0.328 e. The molecule has 0 aliphatic heterocycles. The van der Waals surface area contributed by atoms with Gasteiger partial charge in [-0.2, -0.15) is 0 Å². The van der Waals surface area contributed by atoms with Crippen LogP contribution in [0.5, 0.6) is 0 Å². The maximum Gasteiger partial charge on any atom is 0.328 e. The summed E-state index contributed by atoms with van der Waals surface area (Å²) < 4.78 is 1.18. The molecule has 1 aliphatic carbocycles. The molecule has 132 valence electrons. The van der Waals surface area contributed by atoms with Crippen LogP contribution in [0.25, 0.3) is 0 Å². The van der Waals surface area contributed by atoms with E-state index < -0.39 is 0 Å². The van der Waals surface area contributed by atoms with Crippen molar-refractivity contribution >= 4 is 0 Å². The van der Waals surface area contributed by atoms with E-state index in [1.807, 2.05) is 31.2 Å². The molecule has 1 saturated carbocycles. The van der Waals surface area contributed by atoms with Crippen LogP contribution in [-0.4, -0.2) is 9.55 Å². The molecule has 1 fully saturated rings. The molecule has 0 unspecified atom stereocenters. The molecule has 1 aromatic carbocycles. The Morgan fingerprint density at radius 3 is 2.60 bits per heavy atom. The fraction of sp³-hybridized carbons (Fsp3) is 0.429. The minimum Gasteiger partial charge on any atom is -0.310 e. The Labute approximate surface area is 148 Å². The Kier molecular flexibility index (Phi) is 5.07. The molecule has 0 saturated heterocycles. The molecule has 4 nitrogen and oxygen atoms in total. The molecule has 2 aromatic rings. The maximum absolute atomic E-state index is 12.8. The summed E-state index contributed by atoms with van der Waals surface area (Å²) in [4.78, 5) is 28.0. The van der Waals surface area contributed by atoms with E-state index in [1.165, 1.54) is 10.1 Å². The van der Waals surface area contributed by atoms with Crippen LogP contribution >= 0.6 is 0 Å². The number of nitrogens with one attached hydrogen (secondary N) is 1. The van der Waals surface area contributed by atoms with Gasteiger partial charge in [0.05, 0.1) is 0 Å². The number of allylic oxidation sites excluding steroid dienone is 1. The van der Waals surface area contributed by atoms with Gasteiger partial charge in [-0.15, -0.1) is 6.58 Å². The number of rotatable bonds is 4. The average molecular weight is 338 g/mol. The second-order valence-corrected chi connectivity index (χ2v) is 7.20. The van der Waals surface area contributed by atoms with Crippen molar-refractivity contribution in [3.63, 3.8) is 0 Å². The molecule has 0 atom stereocenters. The Bertz CT molecular complexity index is 883. The fourth-order valence-corrected chi connectivity index (χ4v) is 3.87. The molecule has 0 amide bonds. The van der Waals surface area contributed by atoms with Crippen LogP contribution in [0.2, 0.25) is 0 Å². The van der Waals surface area contributed by atoms with E-state index in [9.17, 15) is 9.59 Å². The summed E-state index contributed by atoms with van der Waals surface area (Å²) in [6.45, 7) is 5.94. The number of hydrogen-bond acceptors (Lipinski definition) is 2. The van der Waals surface area contributed by atoms with Gasteiger partial charge in [-0.3, -0.25) is 9.36 Å². The number of nitrogens with zero attached hydrogens (tertiary/aromatic N) is 1. The third kappa shape index (κ3) is 3.68. The van der Waals surface area contributed by atoms with E-state index in [4.69, 9.17) is 0 Å². The zero-order chi connectivity index (χ0) is 18.0. The molecule has 1 aliphatic rings. The quantitative estimate of drug-likeness (QED) is 0.868. The summed E-state index contributed by atoms with van der Waals surface area (Å²) in [7, 11) is 1.54. The summed E-state index contributed by atoms with van der Waals surface area (Å²) in [5, 5.41) is 0. The van der Waals surface area contributed by atoms with E-state index in [0.717, 1.165) is 42.5 Å². The van der Waals surface area contributed by atoms with E-state index in [1.54, 1.807) is 7.05 Å². The lowest BCUT2D eigenvalue weighted by Gasteiger charge is -2.28. The summed E-state index contributed by atoms with van der Waals surface area (Å²) in [5.74, 6) is 0.798. The van der Waals surface area contributed by atoms with Gasteiger partial charge < -0.3 is 4.98 Å². The minimum atomic E-state index is -0.321. The van der Waals surface area contributed by atoms with E-state index in [-0.39, 0.29) is 17.2 Å². The molecular weight excluding hydrogens is 312 g/mol. The standard InChI is InChI=1S/C21H26N2O2/c1-4-15-8-10-17(11-9-15)19-18(20(24)23(3)21(25)22-19)13-16-7-5-6-14(2)12-16/h4-7,12,15,17H,1,8-11,13H2,2-3H3,(H,22,25). The van der Waals surface area contributed by atoms with Gasteiger partial charge in [0.25, 0.3) is 5.56 Å². The molecule has 1 N–H and O–H groups in total. The van der Waals surface area contributed by atoms with E-state index in [2.05, 4.69) is 17.6 Å². The molecule has 1 aromatic heterocycles. The number of benzene rings is 1. The van der Waals surface area contributed by atoms with Crippen LogP contribution in [0.4, 0.5) is 0 Å². The normalized spacial score (nSPS) is 20.4. The summed E-state index contributed by atoms with van der Waals surface area (Å²) in [6.07, 6.45) is 6.68. The van der Waals surface area contributed by atoms with Crippen LogP contribution in [-0.2, 0) is 13.5 Å². The Morgan fingerprint density at radius 2 is 1.96 bits per heavy atom. The van der Waals surface area contributed by atoms with Gasteiger partial charge >= 0.3 is 5.69 Å². The average Bonchev–Trinajstić information content (AvgIpc) is 2.62. The first-order chi connectivity index (χ1) is 12.0. The third-order valence-electron chi connectivity index (χ3n) is 5.41. The molecule has 4 heteroatoms. The van der Waals surface area contributed by atoms with Gasteiger partial charge in [-0.05, 0) is 50.0 Å². The highest BCUT2D eigenvalue weighted by molar-refractivity contribution is 5.31. The zero-order valence-corrected chi connectivity index (χ0v) is 15.0. The van der Waals surface area contributed by atoms with Crippen molar-refractivity contribution in [2.24, 2.45) is 13.0 Å². The molecular formula is C21H26N2O2. The second-order valence-electron chi connectivity index (χ2n) is 7.20. The lowest BCUT2D eigenvalue weighted by molar-refractivity contribution is 0.368. The third-order valence-corrected chi connectivity index (χ3v) is 5.41. The van der Waals surface area contributed by atoms with Crippen LogP contribution in [0.3, 0.4) is 0 Å². The second kappa shape index (κ2) is 7.26. The van der Waals surface area contributed by atoms with Gasteiger partial charge in [0.2, 0.25) is 0 Å². The number of H-pyrrole nitrogens is 1. The summed E-state index contributed by atoms with van der Waals surface area (Å²) >= 11 is 0. The first-order valence-corrected chi connectivity index (χ1v) is 8.99. The molecule has 0 spiro atoms. The summed E-state index contributed by atoms with van der Waals surface area (Å²) in [5.41, 5.74) is 3.36. The fourth-order valence-electron chi connectivity index (χ4n) is 3.87. The van der Waals surface area contributed by atoms with Crippen molar-refractivity contribution in [2.75, 3.05) is 0 Å². The zero-order valence-electron chi connectivity index (χ0n) is 15.0. The molecule has 0 radical (unpaired) electrons. The predicted octanol–water partition coefficient (Wildman–Crippen LogP) is 3.43. The Balaban J connectivity index is 2.01. The van der Waals surface area contributed by atoms with Gasteiger partial charge in [0.1, 0.15) is 0 Å². The minimum absolute atomic E-state index is 0.175. The van der Waals surface area contributed by atoms with Crippen LogP contribution in [0.15, 0.2) is 46.5 Å². The van der Waals surface area contributed by atoms with Crippen LogP contribution in [0.1, 0.15) is 54.0 Å². The predicted molar refractivity (Wildman–Crippen MR) is 101 cm³/mol. The van der Waals surface area contributed by atoms with Crippen molar-refractivity contribution in [2.45, 2.75) is 44.9 Å². The Hall–Kier alpha value is -2.36.